The predicted molar refractivity (Wildman–Crippen MR) is 32.9 cm³/mol. The van der Waals surface area contributed by atoms with E-state index in [9.17, 15) is 0 Å². The third kappa shape index (κ3) is 0.820. The van der Waals surface area contributed by atoms with Crippen molar-refractivity contribution in [1.82, 2.24) is 4.98 Å². The highest BCUT2D eigenvalue weighted by Gasteiger charge is 1.87. The van der Waals surface area contributed by atoms with Crippen molar-refractivity contribution in [1.29, 1.82) is 10.8 Å². The number of H-pyrrole nitrogens is 1. The second-order valence-electron chi connectivity index (χ2n) is 1.70. The highest BCUT2D eigenvalue weighted by atomic mass is 14.7. The van der Waals surface area contributed by atoms with Gasteiger partial charge in [0, 0.05) is 21.8 Å². The topological polar surface area (TPSA) is 63.4 Å². The maximum absolute atomic E-state index is 6.00. The lowest BCUT2D eigenvalue weighted by atomic mass is 10.4. The zero-order valence-electron chi connectivity index (χ0n) is 4.70. The minimum Gasteiger partial charge on any atom is -0.356 e. The first-order valence-electron chi connectivity index (χ1n) is 2.52. The van der Waals surface area contributed by atoms with Gasteiger partial charge in [-0.05, 0) is 24.3 Å². The third-order valence-electron chi connectivity index (χ3n) is 1.17. The summed E-state index contributed by atoms with van der Waals surface area (Å²) in [5.41, 5.74) is 2.44. The Morgan fingerprint density at radius 2 is 1.22 bits per heavy atom. The van der Waals surface area contributed by atoms with Gasteiger partial charge in [0.25, 0.3) is 0 Å². The predicted octanol–water partition coefficient (Wildman–Crippen LogP) is 1.64. The largest absolute Gasteiger partial charge is 0.356 e. The molecule has 0 aliphatic heterocycles. The maximum atomic E-state index is 6.00. The molecule has 2 aromatic rings. The van der Waals surface area contributed by atoms with Gasteiger partial charge in [-0.25, -0.2) is 0 Å². The molecule has 9 heavy (non-hydrogen) atoms. The van der Waals surface area contributed by atoms with Crippen LogP contribution in [0.15, 0.2) is 24.3 Å². The molecule has 0 amide bonds. The number of hydrogen-bond acceptors (Lipinski definition) is 2. The van der Waals surface area contributed by atoms with Crippen molar-refractivity contribution < 1.29 is 0 Å². The van der Waals surface area contributed by atoms with Crippen molar-refractivity contribution in [2.75, 3.05) is 0 Å². The summed E-state index contributed by atoms with van der Waals surface area (Å²) in [5.74, 6) is 0. The number of hydrogen-bond donors (Lipinski definition) is 1. The molecule has 0 aromatic carbocycles. The van der Waals surface area contributed by atoms with Gasteiger partial charge in [0.1, 0.15) is 0 Å². The van der Waals surface area contributed by atoms with Crippen LogP contribution >= 0.6 is 0 Å². The number of nitrogens with zero attached hydrogens (tertiary/aromatic N) is 2. The lowest BCUT2D eigenvalue weighted by Gasteiger charge is -1.64. The molecule has 0 aliphatic rings. The van der Waals surface area contributed by atoms with Crippen molar-refractivity contribution >= 4 is 11.0 Å². The molecule has 0 saturated carbocycles. The summed E-state index contributed by atoms with van der Waals surface area (Å²) in [4.78, 5) is 3.14. The van der Waals surface area contributed by atoms with Crippen molar-refractivity contribution in [3.05, 3.63) is 24.3 Å². The second-order valence-corrected chi connectivity index (χ2v) is 1.70. The summed E-state index contributed by atoms with van der Waals surface area (Å²) in [7, 11) is 0. The van der Waals surface area contributed by atoms with E-state index >= 15 is 0 Å². The smallest absolute Gasteiger partial charge is 0.0385 e. The minimum atomic E-state index is 1.22. The molecule has 0 aliphatic carbocycles. The van der Waals surface area contributed by atoms with Gasteiger partial charge in [0.2, 0.25) is 0 Å². The molecule has 0 radical (unpaired) electrons. The Morgan fingerprint density at radius 3 is 1.33 bits per heavy atom. The van der Waals surface area contributed by atoms with E-state index in [0.717, 1.165) is 0 Å². The van der Waals surface area contributed by atoms with Crippen LogP contribution in [0.25, 0.3) is 11.0 Å². The average Bonchev–Trinajstić information content (AvgIpc) is 2.53. The van der Waals surface area contributed by atoms with Crippen LogP contribution in [0.4, 0.5) is 0 Å². The fourth-order valence-electron chi connectivity index (χ4n) is 0.804. The van der Waals surface area contributed by atoms with Crippen LogP contribution in [-0.4, -0.2) is 4.98 Å². The molecule has 0 saturated heterocycles. The van der Waals surface area contributed by atoms with E-state index in [0.29, 0.717) is 0 Å². The Labute approximate surface area is 52.1 Å². The summed E-state index contributed by atoms with van der Waals surface area (Å²) < 4.78 is 0. The van der Waals surface area contributed by atoms with Crippen LogP contribution < -0.4 is 0 Å². The van der Waals surface area contributed by atoms with E-state index in [1.807, 2.05) is 0 Å². The number of fused-ring (bicyclic) bond motifs is 2. The lowest BCUT2D eigenvalue weighted by molar-refractivity contribution is 1.15. The molecule has 3 heteroatoms. The van der Waals surface area contributed by atoms with Crippen LogP contribution in [0.1, 0.15) is 0 Å². The molecule has 1 N–H and O–H groups in total. The Bertz CT molecular complexity index is 238. The van der Waals surface area contributed by atoms with E-state index in [2.05, 4.69) is 29.2 Å². The Balaban J connectivity index is 0.000000186. The summed E-state index contributed by atoms with van der Waals surface area (Å²) in [6.07, 6.45) is 0. The van der Waals surface area contributed by atoms with E-state index in [4.69, 9.17) is 10.8 Å². The van der Waals surface area contributed by atoms with Gasteiger partial charge < -0.3 is 4.98 Å². The molecule has 0 spiro atoms. The van der Waals surface area contributed by atoms with Crippen molar-refractivity contribution in [2.24, 2.45) is 0 Å². The van der Waals surface area contributed by atoms with Gasteiger partial charge in [0.15, 0.2) is 0 Å². The number of aromatic amines is 1. The van der Waals surface area contributed by atoms with Crippen LogP contribution in [0.5, 0.6) is 0 Å². The van der Waals surface area contributed by atoms with Gasteiger partial charge in [-0.2, -0.15) is 0 Å². The maximum Gasteiger partial charge on any atom is 0.0385 e. The van der Waals surface area contributed by atoms with Gasteiger partial charge in [-0.1, -0.05) is 0 Å². The molecule has 2 rings (SSSR count). The number of rotatable bonds is 0. The summed E-state index contributed by atoms with van der Waals surface area (Å²) in [5, 5.41) is 12.0. The van der Waals surface area contributed by atoms with E-state index in [-0.39, 0.29) is 0 Å². The highest BCUT2D eigenvalue weighted by molar-refractivity contribution is 5.64. The van der Waals surface area contributed by atoms with Crippen molar-refractivity contribution in [2.45, 2.75) is 0 Å². The van der Waals surface area contributed by atoms with Crippen molar-refractivity contribution in [3.8, 4) is 0 Å². The van der Waals surface area contributed by atoms with E-state index in [1.165, 1.54) is 11.0 Å². The van der Waals surface area contributed by atoms with Crippen molar-refractivity contribution in [3.63, 3.8) is 0 Å². The minimum absolute atomic E-state index is 1.22. The van der Waals surface area contributed by atoms with Crippen LogP contribution in [0, 0.1) is 10.8 Å². The first-order valence-corrected chi connectivity index (χ1v) is 2.52. The van der Waals surface area contributed by atoms with Gasteiger partial charge in [-0.15, -0.1) is 0 Å². The molecule has 2 heterocycles. The Hall–Kier alpha value is -1.56. The molecule has 2 bridgehead atoms. The van der Waals surface area contributed by atoms with Crippen LogP contribution in [0.3, 0.4) is 0 Å². The average molecular weight is 119 g/mol. The Kier molecular flexibility index (Phi) is 1.32. The van der Waals surface area contributed by atoms with Gasteiger partial charge >= 0.3 is 0 Å². The SMILES string of the molecule is N#N.c1cc2ccc1[nH]2. The van der Waals surface area contributed by atoms with E-state index in [1.54, 1.807) is 0 Å². The number of nitrogens with one attached hydrogen (secondary N) is 1. The number of aromatic nitrogens is 1. The summed E-state index contributed by atoms with van der Waals surface area (Å²) in [6, 6.07) is 8.26. The highest BCUT2D eigenvalue weighted by Crippen LogP contribution is 2.07. The fourth-order valence-corrected chi connectivity index (χ4v) is 0.804. The molecule has 0 fully saturated rings. The molecule has 0 atom stereocenters. The molecular formula is C6H5N3. The van der Waals surface area contributed by atoms with Crippen LogP contribution in [0.2, 0.25) is 0 Å². The third-order valence-corrected chi connectivity index (χ3v) is 1.17. The van der Waals surface area contributed by atoms with Gasteiger partial charge in [-0.3, -0.25) is 0 Å². The summed E-state index contributed by atoms with van der Waals surface area (Å²) in [6.45, 7) is 0. The zero-order valence-corrected chi connectivity index (χ0v) is 4.70. The molecule has 3 nitrogen and oxygen atoms in total. The zero-order chi connectivity index (χ0) is 6.69. The standard InChI is InChI=1S/C6H5N.N2/c1-2-6-4-3-5(1)7-6;1-2/h1-4,7H;. The molecular weight excluding hydrogens is 114 g/mol. The van der Waals surface area contributed by atoms with E-state index < -0.39 is 0 Å². The molecule has 44 valence electrons. The van der Waals surface area contributed by atoms with Gasteiger partial charge in [0.05, 0.1) is 0 Å². The quantitative estimate of drug-likeness (QED) is 0.535. The lowest BCUT2D eigenvalue weighted by Crippen LogP contribution is -1.44. The normalized spacial score (nSPS) is 8.67. The Morgan fingerprint density at radius 1 is 0.889 bits per heavy atom. The fraction of sp³-hybridized carbons (Fsp3) is 0. The molecule has 0 unspecified atom stereocenters. The molecule has 2 aromatic heterocycles. The first-order chi connectivity index (χ1) is 4.45. The number of benzene rings is 1. The monoisotopic (exact) mass is 119 g/mol. The summed E-state index contributed by atoms with van der Waals surface area (Å²) >= 11 is 0. The second kappa shape index (κ2) is 2.14. The van der Waals surface area contributed by atoms with Crippen LogP contribution in [-0.2, 0) is 0 Å². The first kappa shape index (κ1) is 5.57.